The molecule has 9 heteroatoms. The topological polar surface area (TPSA) is 30.2 Å². The van der Waals surface area contributed by atoms with E-state index in [1.165, 1.54) is 24.3 Å². The van der Waals surface area contributed by atoms with Crippen molar-refractivity contribution in [1.82, 2.24) is 0 Å². The molecular formula is C18H12F6NO2+. The maximum Gasteiger partial charge on any atom is 0.434 e. The number of esters is 1. The van der Waals surface area contributed by atoms with Crippen LogP contribution in [-0.4, -0.2) is 24.4 Å². The zero-order valence-electron chi connectivity index (χ0n) is 13.7. The first-order chi connectivity index (χ1) is 12.5. The molecule has 27 heavy (non-hydrogen) atoms. The van der Waals surface area contributed by atoms with E-state index in [4.69, 9.17) is 0 Å². The van der Waals surface area contributed by atoms with Crippen LogP contribution < -0.4 is 4.57 Å². The fraction of sp³-hybridized carbons (Fsp3) is 0.222. The smallest absolute Gasteiger partial charge is 0.434 e. The Balaban J connectivity index is 2.23. The molecule has 0 N–H and O–H groups in total. The van der Waals surface area contributed by atoms with Gasteiger partial charge < -0.3 is 4.74 Å². The first-order valence-corrected chi connectivity index (χ1v) is 7.65. The molecule has 0 aliphatic carbocycles. The molecule has 1 heterocycles. The molecular weight excluding hydrogens is 376 g/mol. The summed E-state index contributed by atoms with van der Waals surface area (Å²) in [5, 5.41) is 0.374. The normalized spacial score (nSPS) is 12.7. The number of aryl methyl sites for hydroxylation is 1. The Kier molecular flexibility index (Phi) is 4.49. The van der Waals surface area contributed by atoms with Gasteiger partial charge in [0.15, 0.2) is 0 Å². The SMILES string of the molecule is C[n+]1c2ccccc2c(C(=O)OC(C(F)(F)F)C(F)(F)F)c2ccccc21. The second-order valence-electron chi connectivity index (χ2n) is 5.84. The number of fused-ring (bicyclic) bond motifs is 2. The number of hydrogen-bond acceptors (Lipinski definition) is 2. The van der Waals surface area contributed by atoms with Gasteiger partial charge in [0.25, 0.3) is 6.10 Å². The Bertz CT molecular complexity index is 955. The summed E-state index contributed by atoms with van der Waals surface area (Å²) in [6, 6.07) is 12.4. The molecule has 0 unspecified atom stereocenters. The molecule has 142 valence electrons. The molecule has 0 bridgehead atoms. The van der Waals surface area contributed by atoms with E-state index in [2.05, 4.69) is 4.74 Å². The second-order valence-corrected chi connectivity index (χ2v) is 5.84. The van der Waals surface area contributed by atoms with Crippen LogP contribution in [0.2, 0.25) is 0 Å². The summed E-state index contributed by atoms with van der Waals surface area (Å²) in [6.45, 7) is 0. The summed E-state index contributed by atoms with van der Waals surface area (Å²) in [4.78, 5) is 12.5. The van der Waals surface area contributed by atoms with E-state index in [0.717, 1.165) is 0 Å². The molecule has 3 nitrogen and oxygen atoms in total. The van der Waals surface area contributed by atoms with Crippen LogP contribution in [0.3, 0.4) is 0 Å². The van der Waals surface area contributed by atoms with Gasteiger partial charge in [-0.05, 0) is 12.1 Å². The molecule has 0 radical (unpaired) electrons. The highest BCUT2D eigenvalue weighted by atomic mass is 19.4. The molecule has 0 aliphatic heterocycles. The van der Waals surface area contributed by atoms with Crippen molar-refractivity contribution in [1.29, 1.82) is 0 Å². The van der Waals surface area contributed by atoms with Gasteiger partial charge in [-0.3, -0.25) is 0 Å². The van der Waals surface area contributed by atoms with Gasteiger partial charge in [-0.2, -0.15) is 30.9 Å². The molecule has 0 atom stereocenters. The van der Waals surface area contributed by atoms with Crippen LogP contribution in [0, 0.1) is 0 Å². The highest BCUT2D eigenvalue weighted by Gasteiger charge is 2.60. The number of hydrogen-bond donors (Lipinski definition) is 0. The van der Waals surface area contributed by atoms with E-state index < -0.39 is 24.4 Å². The van der Waals surface area contributed by atoms with Crippen LogP contribution in [0.1, 0.15) is 10.4 Å². The summed E-state index contributed by atoms with van der Waals surface area (Å²) in [6.07, 6.45) is -15.8. The number of nitrogens with zero attached hydrogens (tertiary/aromatic N) is 1. The van der Waals surface area contributed by atoms with Crippen molar-refractivity contribution in [3.05, 3.63) is 54.1 Å². The van der Waals surface area contributed by atoms with E-state index in [9.17, 15) is 31.1 Å². The fourth-order valence-corrected chi connectivity index (χ4v) is 2.93. The molecule has 0 fully saturated rings. The van der Waals surface area contributed by atoms with E-state index in [-0.39, 0.29) is 16.3 Å². The fourth-order valence-electron chi connectivity index (χ4n) is 2.93. The molecule has 3 aromatic rings. The summed E-state index contributed by atoms with van der Waals surface area (Å²) in [5.74, 6) is -1.69. The minimum absolute atomic E-state index is 0.187. The number of benzene rings is 2. The predicted octanol–water partition coefficient (Wildman–Crippen LogP) is 4.47. The molecule has 0 amide bonds. The average Bonchev–Trinajstić information content (AvgIpc) is 2.58. The zero-order chi connectivity index (χ0) is 20.0. The van der Waals surface area contributed by atoms with Crippen LogP contribution in [-0.2, 0) is 11.8 Å². The third kappa shape index (κ3) is 3.41. The van der Waals surface area contributed by atoms with Gasteiger partial charge in [-0.1, -0.05) is 24.3 Å². The Morgan fingerprint density at radius 3 is 1.67 bits per heavy atom. The van der Waals surface area contributed by atoms with Crippen LogP contribution in [0.25, 0.3) is 21.8 Å². The lowest BCUT2D eigenvalue weighted by Crippen LogP contribution is -2.45. The first-order valence-electron chi connectivity index (χ1n) is 7.65. The maximum atomic E-state index is 12.8. The molecule has 1 aromatic heterocycles. The summed E-state index contributed by atoms with van der Waals surface area (Å²) < 4.78 is 82.3. The number of carbonyl (C=O) groups is 1. The number of pyridine rings is 1. The molecule has 0 saturated heterocycles. The highest BCUT2D eigenvalue weighted by molar-refractivity contribution is 6.12. The molecule has 0 aliphatic rings. The van der Waals surface area contributed by atoms with Gasteiger partial charge in [-0.25, -0.2) is 4.79 Å². The minimum Gasteiger partial charge on any atom is -0.439 e. The number of aromatic nitrogens is 1. The van der Waals surface area contributed by atoms with Gasteiger partial charge in [0.05, 0.1) is 16.3 Å². The van der Waals surface area contributed by atoms with Crippen LogP contribution in [0.15, 0.2) is 48.5 Å². The van der Waals surface area contributed by atoms with Crippen molar-refractivity contribution >= 4 is 27.8 Å². The Labute approximate surface area is 148 Å². The van der Waals surface area contributed by atoms with E-state index in [1.807, 2.05) is 0 Å². The quantitative estimate of drug-likeness (QED) is 0.281. The predicted molar refractivity (Wildman–Crippen MR) is 83.9 cm³/mol. The third-order valence-corrected chi connectivity index (χ3v) is 4.09. The van der Waals surface area contributed by atoms with Gasteiger partial charge in [0.1, 0.15) is 7.05 Å². The van der Waals surface area contributed by atoms with E-state index >= 15 is 0 Å². The van der Waals surface area contributed by atoms with Crippen LogP contribution in [0.5, 0.6) is 0 Å². The van der Waals surface area contributed by atoms with Gasteiger partial charge in [-0.15, -0.1) is 0 Å². The highest BCUT2D eigenvalue weighted by Crippen LogP contribution is 2.37. The van der Waals surface area contributed by atoms with Crippen LogP contribution >= 0.6 is 0 Å². The molecule has 0 spiro atoms. The minimum atomic E-state index is -5.78. The maximum absolute atomic E-state index is 12.8. The lowest BCUT2D eigenvalue weighted by molar-refractivity contribution is -0.617. The molecule has 0 saturated carbocycles. The lowest BCUT2D eigenvalue weighted by atomic mass is 10.0. The number of ether oxygens (including phenoxy) is 1. The van der Waals surface area contributed by atoms with Crippen molar-refractivity contribution in [3.63, 3.8) is 0 Å². The van der Waals surface area contributed by atoms with Gasteiger partial charge in [0, 0.05) is 12.1 Å². The van der Waals surface area contributed by atoms with Crippen molar-refractivity contribution in [3.8, 4) is 0 Å². The average molecular weight is 388 g/mol. The lowest BCUT2D eigenvalue weighted by Gasteiger charge is -2.23. The summed E-state index contributed by atoms with van der Waals surface area (Å²) in [5.41, 5.74) is 0.565. The zero-order valence-corrected chi connectivity index (χ0v) is 13.7. The van der Waals surface area contributed by atoms with Crippen molar-refractivity contribution < 1.29 is 40.4 Å². The van der Waals surface area contributed by atoms with E-state index in [0.29, 0.717) is 11.0 Å². The third-order valence-electron chi connectivity index (χ3n) is 4.09. The standard InChI is InChI=1S/C18H12F6NO2/c1-25-12-8-4-2-6-10(12)14(11-7-3-5-9-13(11)25)15(26)27-16(17(19,20)21)18(22,23)24/h2-9,16H,1H3/q+1. The van der Waals surface area contributed by atoms with Crippen molar-refractivity contribution in [2.24, 2.45) is 7.05 Å². The van der Waals surface area contributed by atoms with Crippen molar-refractivity contribution in [2.75, 3.05) is 0 Å². The molecule has 3 rings (SSSR count). The largest absolute Gasteiger partial charge is 0.439 e. The number of alkyl halides is 6. The number of rotatable bonds is 2. The second kappa shape index (κ2) is 6.40. The van der Waals surface area contributed by atoms with Crippen molar-refractivity contribution in [2.45, 2.75) is 18.5 Å². The number of halogens is 6. The van der Waals surface area contributed by atoms with Crippen LogP contribution in [0.4, 0.5) is 26.3 Å². The first kappa shape index (κ1) is 18.9. The summed E-state index contributed by atoms with van der Waals surface area (Å²) in [7, 11) is 1.67. The number of para-hydroxylation sites is 2. The van der Waals surface area contributed by atoms with Gasteiger partial charge >= 0.3 is 18.3 Å². The Morgan fingerprint density at radius 1 is 0.852 bits per heavy atom. The number of carbonyl (C=O) groups excluding carboxylic acids is 1. The van der Waals surface area contributed by atoms with Gasteiger partial charge in [0.2, 0.25) is 11.0 Å². The van der Waals surface area contributed by atoms with E-state index in [1.54, 1.807) is 35.9 Å². The monoisotopic (exact) mass is 388 g/mol. The molecule has 2 aromatic carbocycles. The Hall–Kier alpha value is -2.84. The Morgan fingerprint density at radius 2 is 1.26 bits per heavy atom. The summed E-state index contributed by atoms with van der Waals surface area (Å²) >= 11 is 0.